The number of nitrogens with two attached hydrogens (primary N) is 1. The zero-order chi connectivity index (χ0) is 30.1. The van der Waals surface area contributed by atoms with Crippen molar-refractivity contribution in [1.82, 2.24) is 10.2 Å². The van der Waals surface area contributed by atoms with Crippen LogP contribution in [0.5, 0.6) is 5.75 Å². The largest absolute Gasteiger partial charge is 0.510 e. The molecule has 3 aliphatic carbocycles. The smallest absolute Gasteiger partial charge is 0.417 e. The molecule has 0 aliphatic heterocycles. The molecule has 10 nitrogen and oxygen atoms in total. The first-order valence-corrected chi connectivity index (χ1v) is 12.7. The minimum Gasteiger partial charge on any atom is -0.510 e. The standard InChI is InChI=1S/C27H32F3N3O7/c1-10(2)8-32-9-12-7-15(34)17-13(19(12)27(28,29)30)5-11-6-14-20(33(3)4)22(36)18(25(31)39)24(38)26(14,40)23(37)16(11)21(17)35/h7,10-11,14,20,32,34,36-37,40H,5-6,8-9H2,1-4H3,(H2,31,39)/t11-,14-,20-,26-/m0/s1. The molecule has 13 heteroatoms. The monoisotopic (exact) mass is 567 g/mol. The average molecular weight is 568 g/mol. The molecule has 40 heavy (non-hydrogen) atoms. The Hall–Kier alpha value is -3.42. The summed E-state index contributed by atoms with van der Waals surface area (Å²) in [7, 11) is 2.92. The number of likely N-dealkylation sites (N-methyl/N-ethyl adjacent to an activating group) is 1. The Morgan fingerprint density at radius 1 is 1.23 bits per heavy atom. The number of allylic oxidation sites excluding steroid dienone is 1. The molecule has 0 fully saturated rings. The van der Waals surface area contributed by atoms with Crippen LogP contribution in [-0.2, 0) is 28.7 Å². The maximum atomic E-state index is 14.4. The minimum atomic E-state index is -4.89. The number of nitrogens with zero attached hydrogens (tertiary/aromatic N) is 1. The topological polar surface area (TPSA) is 173 Å². The number of amides is 1. The van der Waals surface area contributed by atoms with E-state index in [1.807, 2.05) is 13.8 Å². The molecule has 0 bridgehead atoms. The first-order chi connectivity index (χ1) is 18.4. The fourth-order valence-electron chi connectivity index (χ4n) is 6.38. The predicted molar refractivity (Wildman–Crippen MR) is 135 cm³/mol. The van der Waals surface area contributed by atoms with Crippen LogP contribution in [0.1, 0.15) is 47.3 Å². The molecule has 7 N–H and O–H groups in total. The van der Waals surface area contributed by atoms with Gasteiger partial charge in [0, 0.05) is 18.0 Å². The Balaban J connectivity index is 1.93. The maximum absolute atomic E-state index is 14.4. The van der Waals surface area contributed by atoms with E-state index in [-0.39, 0.29) is 24.4 Å². The van der Waals surface area contributed by atoms with Crippen molar-refractivity contribution in [3.8, 4) is 5.75 Å². The number of alkyl halides is 3. The number of phenols is 1. The first-order valence-electron chi connectivity index (χ1n) is 12.7. The van der Waals surface area contributed by atoms with Crippen LogP contribution in [0.3, 0.4) is 0 Å². The van der Waals surface area contributed by atoms with Gasteiger partial charge in [-0.25, -0.2) is 0 Å². The molecular weight excluding hydrogens is 535 g/mol. The van der Waals surface area contributed by atoms with Crippen LogP contribution >= 0.6 is 0 Å². The van der Waals surface area contributed by atoms with E-state index in [0.29, 0.717) is 6.54 Å². The van der Waals surface area contributed by atoms with Crippen molar-refractivity contribution in [3.05, 3.63) is 51.0 Å². The van der Waals surface area contributed by atoms with Crippen molar-refractivity contribution in [2.75, 3.05) is 20.6 Å². The molecule has 1 amide bonds. The minimum absolute atomic E-state index is 0.141. The van der Waals surface area contributed by atoms with Crippen LogP contribution in [0.2, 0.25) is 0 Å². The lowest BCUT2D eigenvalue weighted by molar-refractivity contribution is -0.148. The number of hydrogen-bond acceptors (Lipinski definition) is 9. The number of ketones is 2. The number of aromatic hydroxyl groups is 1. The molecular formula is C27H32F3N3O7. The van der Waals surface area contributed by atoms with E-state index in [1.165, 1.54) is 19.0 Å². The number of aliphatic hydroxyl groups excluding tert-OH is 2. The summed E-state index contributed by atoms with van der Waals surface area (Å²) in [5.41, 5.74) is -1.53. The molecule has 0 heterocycles. The van der Waals surface area contributed by atoms with Gasteiger partial charge in [-0.2, -0.15) is 13.2 Å². The summed E-state index contributed by atoms with van der Waals surface area (Å²) in [6.45, 7) is 3.93. The van der Waals surface area contributed by atoms with E-state index >= 15 is 0 Å². The van der Waals surface area contributed by atoms with Gasteiger partial charge in [0.05, 0.1) is 17.2 Å². The molecule has 0 unspecified atom stereocenters. The highest BCUT2D eigenvalue weighted by atomic mass is 19.4. The van der Waals surface area contributed by atoms with Crippen molar-refractivity contribution >= 4 is 17.5 Å². The Morgan fingerprint density at radius 2 is 1.85 bits per heavy atom. The lowest BCUT2D eigenvalue weighted by Crippen LogP contribution is -2.63. The molecule has 4 rings (SSSR count). The van der Waals surface area contributed by atoms with E-state index in [9.17, 15) is 48.0 Å². The molecule has 1 aromatic carbocycles. The molecule has 3 aliphatic rings. The quantitative estimate of drug-likeness (QED) is 0.281. The van der Waals surface area contributed by atoms with Gasteiger partial charge in [-0.15, -0.1) is 0 Å². The number of aliphatic hydroxyl groups is 3. The van der Waals surface area contributed by atoms with Gasteiger partial charge in [0.25, 0.3) is 5.91 Å². The summed E-state index contributed by atoms with van der Waals surface area (Å²) in [6, 6.07) is -0.391. The van der Waals surface area contributed by atoms with Crippen LogP contribution in [-0.4, -0.2) is 75.1 Å². The Bertz CT molecular complexity index is 1370. The molecule has 218 valence electrons. The number of primary amides is 1. The Kier molecular flexibility index (Phi) is 7.31. The van der Waals surface area contributed by atoms with E-state index in [1.54, 1.807) is 0 Å². The van der Waals surface area contributed by atoms with Gasteiger partial charge in [-0.1, -0.05) is 13.8 Å². The van der Waals surface area contributed by atoms with Gasteiger partial charge in [-0.3, -0.25) is 19.3 Å². The summed E-state index contributed by atoms with van der Waals surface area (Å²) >= 11 is 0. The van der Waals surface area contributed by atoms with Crippen molar-refractivity contribution < 1.29 is 48.0 Å². The van der Waals surface area contributed by atoms with Crippen LogP contribution in [0.4, 0.5) is 13.2 Å². The van der Waals surface area contributed by atoms with Gasteiger partial charge in [0.15, 0.2) is 11.4 Å². The zero-order valence-corrected chi connectivity index (χ0v) is 22.4. The third-order valence-electron chi connectivity index (χ3n) is 7.96. The molecule has 0 radical (unpaired) electrons. The maximum Gasteiger partial charge on any atom is 0.417 e. The van der Waals surface area contributed by atoms with E-state index in [0.717, 1.165) is 6.07 Å². The second kappa shape index (κ2) is 9.89. The zero-order valence-electron chi connectivity index (χ0n) is 22.4. The molecule has 0 saturated heterocycles. The van der Waals surface area contributed by atoms with Gasteiger partial charge in [0.1, 0.15) is 22.8 Å². The number of carbonyl (C=O) groups is 3. The second-order valence-electron chi connectivity index (χ2n) is 11.3. The highest BCUT2D eigenvalue weighted by Crippen LogP contribution is 2.53. The van der Waals surface area contributed by atoms with Crippen molar-refractivity contribution in [3.63, 3.8) is 0 Å². The van der Waals surface area contributed by atoms with Gasteiger partial charge < -0.3 is 31.5 Å². The molecule has 4 atom stereocenters. The van der Waals surface area contributed by atoms with Gasteiger partial charge in [0.2, 0.25) is 5.78 Å². The van der Waals surface area contributed by atoms with E-state index in [4.69, 9.17) is 5.73 Å². The SMILES string of the molecule is CC(C)CNCc1cc(O)c2c(c1C(F)(F)F)C[C@H]1C[C@H]3[C@H](N(C)C)C(O)=C(C(N)=O)C(=O)[C@@]3(O)C(O)=C1C2=O. The normalized spacial score (nSPS) is 26.8. The van der Waals surface area contributed by atoms with Crippen molar-refractivity contribution in [1.29, 1.82) is 0 Å². The predicted octanol–water partition coefficient (Wildman–Crippen LogP) is 1.88. The van der Waals surface area contributed by atoms with Crippen LogP contribution in [0, 0.1) is 17.8 Å². The number of carbonyl (C=O) groups excluding carboxylic acids is 3. The van der Waals surface area contributed by atoms with Crippen LogP contribution < -0.4 is 11.1 Å². The number of benzene rings is 1. The number of fused-ring (bicyclic) bond motifs is 3. The highest BCUT2D eigenvalue weighted by Gasteiger charge is 2.63. The molecule has 0 saturated carbocycles. The number of hydrogen-bond donors (Lipinski definition) is 6. The summed E-state index contributed by atoms with van der Waals surface area (Å²) in [4.78, 5) is 40.3. The third-order valence-corrected chi connectivity index (χ3v) is 7.96. The summed E-state index contributed by atoms with van der Waals surface area (Å²) < 4.78 is 43.3. The summed E-state index contributed by atoms with van der Waals surface area (Å²) in [5.74, 6) is -8.90. The van der Waals surface area contributed by atoms with Gasteiger partial charge >= 0.3 is 6.18 Å². The fraction of sp³-hybridized carbons (Fsp3) is 0.519. The number of phenolic OH excluding ortho intramolecular Hbond substituents is 1. The van der Waals surface area contributed by atoms with Gasteiger partial charge in [-0.05, 0) is 62.5 Å². The van der Waals surface area contributed by atoms with Crippen molar-refractivity contribution in [2.45, 2.75) is 51.1 Å². The third kappa shape index (κ3) is 4.36. The van der Waals surface area contributed by atoms with Crippen molar-refractivity contribution in [2.24, 2.45) is 23.5 Å². The molecule has 1 aromatic rings. The second-order valence-corrected chi connectivity index (χ2v) is 11.3. The number of Topliss-reactive ketones (excluding diaryl/α,β-unsaturated/α-hetero) is 2. The number of rotatable bonds is 6. The average Bonchev–Trinajstić information content (AvgIpc) is 2.79. The lowest BCUT2D eigenvalue weighted by atomic mass is 9.58. The molecule has 0 spiro atoms. The lowest BCUT2D eigenvalue weighted by Gasteiger charge is -2.50. The number of halogens is 3. The summed E-state index contributed by atoms with van der Waals surface area (Å²) in [6.07, 6.45) is -5.65. The Labute approximate surface area is 228 Å². The van der Waals surface area contributed by atoms with E-state index < -0.39 is 98.7 Å². The summed E-state index contributed by atoms with van der Waals surface area (Å²) in [5, 5.41) is 47.3. The van der Waals surface area contributed by atoms with Crippen LogP contribution in [0.25, 0.3) is 0 Å². The van der Waals surface area contributed by atoms with Crippen LogP contribution in [0.15, 0.2) is 28.7 Å². The number of nitrogens with one attached hydrogen (secondary N) is 1. The highest BCUT2D eigenvalue weighted by molar-refractivity contribution is 6.24. The fourth-order valence-corrected chi connectivity index (χ4v) is 6.38. The first kappa shape index (κ1) is 29.6. The van der Waals surface area contributed by atoms with E-state index in [2.05, 4.69) is 5.32 Å². The molecule has 0 aromatic heterocycles. The Morgan fingerprint density at radius 3 is 2.38 bits per heavy atom.